The lowest BCUT2D eigenvalue weighted by Crippen LogP contribution is -1.97. The number of hydrogen-bond donors (Lipinski definition) is 0. The largest absolute Gasteiger partial charge is 0.253 e. The smallest absolute Gasteiger partial charge is 0.211 e. The third kappa shape index (κ3) is 3.03. The van der Waals surface area contributed by atoms with Crippen molar-refractivity contribution in [3.63, 3.8) is 0 Å². The molecule has 0 aliphatic carbocycles. The Hall–Kier alpha value is -2.66. The van der Waals surface area contributed by atoms with Crippen molar-refractivity contribution in [2.45, 2.75) is 17.8 Å². The summed E-state index contributed by atoms with van der Waals surface area (Å²) in [7, 11) is 0. The molecule has 0 unspecified atom stereocenters. The molecule has 0 aliphatic rings. The van der Waals surface area contributed by atoms with E-state index in [1.165, 1.54) is 5.56 Å². The second kappa shape index (κ2) is 6.45. The Morgan fingerprint density at radius 3 is 2.38 bits per heavy atom. The van der Waals surface area contributed by atoms with Gasteiger partial charge in [-0.05, 0) is 18.6 Å². The van der Waals surface area contributed by atoms with Gasteiger partial charge < -0.3 is 0 Å². The molecule has 0 aliphatic heterocycles. The minimum Gasteiger partial charge on any atom is -0.211 e. The van der Waals surface area contributed by atoms with Crippen LogP contribution in [0.3, 0.4) is 0 Å². The van der Waals surface area contributed by atoms with Gasteiger partial charge in [0.25, 0.3) is 5.78 Å². The molecule has 0 saturated carbocycles. The Morgan fingerprint density at radius 1 is 0.917 bits per heavy atom. The van der Waals surface area contributed by atoms with Crippen LogP contribution in [0.25, 0.3) is 17.0 Å². The average Bonchev–Trinajstić information content (AvgIpc) is 3.05. The molecule has 0 spiro atoms. The Balaban J connectivity index is 1.64. The van der Waals surface area contributed by atoms with Crippen LogP contribution < -0.4 is 0 Å². The molecular weight excluding hydrogens is 316 g/mol. The number of hydrogen-bond acceptors (Lipinski definition) is 4. The van der Waals surface area contributed by atoms with E-state index < -0.39 is 0 Å². The van der Waals surface area contributed by atoms with Gasteiger partial charge in [-0.3, -0.25) is 0 Å². The van der Waals surface area contributed by atoms with Gasteiger partial charge in [0.2, 0.25) is 5.16 Å². The lowest BCUT2D eigenvalue weighted by atomic mass is 10.1. The first kappa shape index (κ1) is 14.9. The Morgan fingerprint density at radius 2 is 1.62 bits per heavy atom. The van der Waals surface area contributed by atoms with Crippen LogP contribution in [0.4, 0.5) is 0 Å². The van der Waals surface area contributed by atoms with Crippen molar-refractivity contribution < 1.29 is 0 Å². The summed E-state index contributed by atoms with van der Waals surface area (Å²) in [4.78, 5) is 9.24. The quantitative estimate of drug-likeness (QED) is 0.520. The maximum absolute atomic E-state index is 4.66. The second-order valence-corrected chi connectivity index (χ2v) is 6.47. The van der Waals surface area contributed by atoms with Crippen molar-refractivity contribution in [3.05, 3.63) is 78.0 Å². The molecule has 4 aromatic rings. The van der Waals surface area contributed by atoms with E-state index in [1.807, 2.05) is 49.4 Å². The molecule has 118 valence electrons. The van der Waals surface area contributed by atoms with Crippen LogP contribution in [0.1, 0.15) is 11.3 Å². The standard InChI is InChI=1S/C19H16N4S/c1-14-12-17(16-10-6-3-7-11-16)20-18-21-19(22-23(14)18)24-13-15-8-4-2-5-9-15/h2-12H,13H2,1H3. The van der Waals surface area contributed by atoms with Crippen LogP contribution >= 0.6 is 11.8 Å². The molecule has 2 heterocycles. The lowest BCUT2D eigenvalue weighted by molar-refractivity contribution is 0.849. The average molecular weight is 332 g/mol. The van der Waals surface area contributed by atoms with Gasteiger partial charge in [-0.1, -0.05) is 72.4 Å². The van der Waals surface area contributed by atoms with Crippen molar-refractivity contribution in [2.75, 3.05) is 0 Å². The van der Waals surface area contributed by atoms with Crippen LogP contribution in [0.5, 0.6) is 0 Å². The summed E-state index contributed by atoms with van der Waals surface area (Å²) in [5.41, 5.74) is 4.30. The summed E-state index contributed by atoms with van der Waals surface area (Å²) in [5.74, 6) is 1.49. The van der Waals surface area contributed by atoms with Crippen molar-refractivity contribution in [1.82, 2.24) is 19.6 Å². The second-order valence-electron chi connectivity index (χ2n) is 5.53. The molecule has 2 aromatic carbocycles. The third-order valence-electron chi connectivity index (χ3n) is 3.75. The summed E-state index contributed by atoms with van der Waals surface area (Å²) in [6, 6.07) is 22.5. The fraction of sp³-hybridized carbons (Fsp3) is 0.105. The van der Waals surface area contributed by atoms with Crippen LogP contribution in [-0.2, 0) is 5.75 Å². The molecule has 0 bridgehead atoms. The first-order valence-corrected chi connectivity index (χ1v) is 8.75. The zero-order chi connectivity index (χ0) is 16.4. The summed E-state index contributed by atoms with van der Waals surface area (Å²) in [6.45, 7) is 2.03. The van der Waals surface area contributed by atoms with E-state index in [2.05, 4.69) is 39.3 Å². The zero-order valence-corrected chi connectivity index (χ0v) is 14.1. The van der Waals surface area contributed by atoms with Crippen LogP contribution in [0, 0.1) is 6.92 Å². The molecule has 4 rings (SSSR count). The zero-order valence-electron chi connectivity index (χ0n) is 13.3. The summed E-state index contributed by atoms with van der Waals surface area (Å²) >= 11 is 1.63. The van der Waals surface area contributed by atoms with Crippen molar-refractivity contribution in [3.8, 4) is 11.3 Å². The van der Waals surface area contributed by atoms with Crippen LogP contribution in [0.15, 0.2) is 71.9 Å². The Labute approximate surface area is 144 Å². The molecule has 2 aromatic heterocycles. The van der Waals surface area contributed by atoms with Crippen molar-refractivity contribution in [1.29, 1.82) is 0 Å². The van der Waals surface area contributed by atoms with Crippen LogP contribution in [0.2, 0.25) is 0 Å². The lowest BCUT2D eigenvalue weighted by Gasteiger charge is -2.03. The van der Waals surface area contributed by atoms with Gasteiger partial charge in [0.1, 0.15) is 0 Å². The monoisotopic (exact) mass is 332 g/mol. The molecule has 4 nitrogen and oxygen atoms in total. The van der Waals surface area contributed by atoms with E-state index in [-0.39, 0.29) is 0 Å². The Bertz CT molecular complexity index is 965. The van der Waals surface area contributed by atoms with Gasteiger partial charge in [0.05, 0.1) is 5.69 Å². The molecule has 0 fully saturated rings. The molecule has 0 amide bonds. The maximum atomic E-state index is 4.66. The molecule has 0 saturated heterocycles. The maximum Gasteiger partial charge on any atom is 0.253 e. The topological polar surface area (TPSA) is 43.1 Å². The first-order valence-electron chi connectivity index (χ1n) is 7.76. The molecule has 24 heavy (non-hydrogen) atoms. The molecule has 0 N–H and O–H groups in total. The van der Waals surface area contributed by atoms with Gasteiger partial charge in [-0.25, -0.2) is 9.50 Å². The number of nitrogens with zero attached hydrogens (tertiary/aromatic N) is 4. The van der Waals surface area contributed by atoms with Gasteiger partial charge in [0.15, 0.2) is 0 Å². The summed E-state index contributed by atoms with van der Waals surface area (Å²) < 4.78 is 1.81. The Kier molecular flexibility index (Phi) is 4.01. The predicted molar refractivity (Wildman–Crippen MR) is 97.0 cm³/mol. The van der Waals surface area contributed by atoms with E-state index in [0.717, 1.165) is 27.9 Å². The highest BCUT2D eigenvalue weighted by Crippen LogP contribution is 2.22. The van der Waals surface area contributed by atoms with Gasteiger partial charge >= 0.3 is 0 Å². The number of aryl methyl sites for hydroxylation is 1. The third-order valence-corrected chi connectivity index (χ3v) is 4.66. The summed E-state index contributed by atoms with van der Waals surface area (Å²) in [5, 5.41) is 5.32. The molecule has 0 atom stereocenters. The van der Waals surface area contributed by atoms with E-state index in [9.17, 15) is 0 Å². The predicted octanol–water partition coefficient (Wildman–Crippen LogP) is 4.39. The van der Waals surface area contributed by atoms with E-state index in [4.69, 9.17) is 0 Å². The first-order chi connectivity index (χ1) is 11.8. The number of benzene rings is 2. The van der Waals surface area contributed by atoms with Gasteiger partial charge in [-0.15, -0.1) is 5.10 Å². The highest BCUT2D eigenvalue weighted by molar-refractivity contribution is 7.98. The van der Waals surface area contributed by atoms with E-state index in [1.54, 1.807) is 16.3 Å². The van der Waals surface area contributed by atoms with Crippen LogP contribution in [-0.4, -0.2) is 19.6 Å². The molecule has 5 heteroatoms. The highest BCUT2D eigenvalue weighted by atomic mass is 32.2. The number of aromatic nitrogens is 4. The highest BCUT2D eigenvalue weighted by Gasteiger charge is 2.10. The summed E-state index contributed by atoms with van der Waals surface area (Å²) in [6.07, 6.45) is 0. The fourth-order valence-corrected chi connectivity index (χ4v) is 3.31. The fourth-order valence-electron chi connectivity index (χ4n) is 2.53. The minimum absolute atomic E-state index is 0.643. The minimum atomic E-state index is 0.643. The SMILES string of the molecule is Cc1cc(-c2ccccc2)nc2nc(SCc3ccccc3)nn12. The number of fused-ring (bicyclic) bond motifs is 1. The molecular formula is C19H16N4S. The van der Waals surface area contributed by atoms with Gasteiger partial charge in [-0.2, -0.15) is 4.98 Å². The van der Waals surface area contributed by atoms with Gasteiger partial charge in [0, 0.05) is 17.0 Å². The number of thioether (sulfide) groups is 1. The number of rotatable bonds is 4. The van der Waals surface area contributed by atoms with E-state index in [0.29, 0.717) is 5.78 Å². The molecule has 0 radical (unpaired) electrons. The van der Waals surface area contributed by atoms with Crippen molar-refractivity contribution >= 4 is 17.5 Å². The van der Waals surface area contributed by atoms with E-state index >= 15 is 0 Å². The normalized spacial score (nSPS) is 11.0. The van der Waals surface area contributed by atoms with Crippen molar-refractivity contribution in [2.24, 2.45) is 0 Å².